The maximum Gasteiger partial charge on any atom is 0.404 e. The predicted octanol–water partition coefficient (Wildman–Crippen LogP) is -9.55. The number of amides is 8. The number of thiazole rings is 2. The summed E-state index contributed by atoms with van der Waals surface area (Å²) in [7, 11) is 0. The van der Waals surface area contributed by atoms with Crippen LogP contribution in [0.2, 0.25) is 0 Å². The summed E-state index contributed by atoms with van der Waals surface area (Å²) < 4.78 is 28.8. The first-order valence-electron chi connectivity index (χ1n) is 36.2. The molecule has 0 spiro atoms. The molecule has 19 unspecified atom stereocenters. The molecule has 6 heterocycles. The molecule has 4 aromatic heterocycles. The number of aliphatic imine (C=N–C) groups is 3. The van der Waals surface area contributed by atoms with Crippen LogP contribution in [0, 0.1) is 12.8 Å². The summed E-state index contributed by atoms with van der Waals surface area (Å²) in [4.78, 5) is 144. The number of nitrogens with zero attached hydrogens (tertiary/aromatic N) is 8. The molecule has 6 rings (SSSR count). The minimum absolute atomic E-state index is 0.0374. The van der Waals surface area contributed by atoms with E-state index in [0.717, 1.165) is 38.2 Å². The van der Waals surface area contributed by atoms with Gasteiger partial charge in [-0.25, -0.2) is 29.7 Å². The molecule has 0 aromatic carbocycles. The van der Waals surface area contributed by atoms with Crippen molar-refractivity contribution in [2.45, 2.75) is 189 Å². The fourth-order valence-corrected chi connectivity index (χ4v) is 12.9. The topological polar surface area (TPSA) is 792 Å². The lowest BCUT2D eigenvalue weighted by atomic mass is 9.96. The summed E-state index contributed by atoms with van der Waals surface area (Å²) in [6.45, 7) is 5.74. The van der Waals surface area contributed by atoms with Crippen molar-refractivity contribution >= 4 is 93.8 Å². The van der Waals surface area contributed by atoms with Crippen molar-refractivity contribution in [1.29, 1.82) is 0 Å². The molecule has 2 aliphatic heterocycles. The molecule has 634 valence electrons. The van der Waals surface area contributed by atoms with Crippen LogP contribution in [-0.2, 0) is 54.1 Å². The Bertz CT molecular complexity index is 3880. The van der Waals surface area contributed by atoms with Gasteiger partial charge in [0.05, 0.1) is 72.7 Å². The zero-order valence-electron chi connectivity index (χ0n) is 63.0. The van der Waals surface area contributed by atoms with Crippen LogP contribution < -0.4 is 94.1 Å². The second-order valence-electron chi connectivity index (χ2n) is 26.6. The number of rotatable bonds is 46. The molecule has 0 radical (unpaired) electrons. The Labute approximate surface area is 661 Å². The maximum atomic E-state index is 15.3. The number of hydrogen-bond donors (Lipinski definition) is 26. The average Bonchev–Trinajstić information content (AvgIpc) is 0.856. The van der Waals surface area contributed by atoms with Crippen molar-refractivity contribution in [2.24, 2.45) is 66.8 Å². The summed E-state index contributed by atoms with van der Waals surface area (Å²) in [5, 5.41) is 115. The number of anilines is 1. The molecule has 49 heteroatoms. The fraction of sp³-hybridized carbons (Fsp3) is 0.631. The number of aromatic amines is 1. The highest BCUT2D eigenvalue weighted by Crippen LogP contribution is 2.35. The normalized spacial score (nSPS) is 22.2. The molecular weight excluding hydrogens is 1550 g/mol. The summed E-state index contributed by atoms with van der Waals surface area (Å²) in [6.07, 6.45) is -20.8. The Morgan fingerprint density at radius 2 is 1.29 bits per heavy atom. The molecule has 4 aromatic rings. The zero-order valence-corrected chi connectivity index (χ0v) is 64.6. The smallest absolute Gasteiger partial charge is 0.404 e. The van der Waals surface area contributed by atoms with Crippen molar-refractivity contribution < 1.29 is 103 Å². The quantitative estimate of drug-likeness (QED) is 0.0111. The number of hydrogen-bond acceptors (Lipinski definition) is 34. The number of aromatic nitrogens is 6. The van der Waals surface area contributed by atoms with E-state index < -0.39 is 183 Å². The number of nitrogen functional groups attached to an aromatic ring is 1. The third-order valence-electron chi connectivity index (χ3n) is 17.8. The van der Waals surface area contributed by atoms with Crippen molar-refractivity contribution in [1.82, 2.24) is 72.4 Å². The van der Waals surface area contributed by atoms with Crippen LogP contribution in [0.25, 0.3) is 10.7 Å². The van der Waals surface area contributed by atoms with E-state index in [2.05, 4.69) is 87.4 Å². The van der Waals surface area contributed by atoms with Crippen LogP contribution in [0.1, 0.15) is 121 Å². The first kappa shape index (κ1) is 93.0. The highest BCUT2D eigenvalue weighted by atomic mass is 32.1. The molecule has 19 atom stereocenters. The number of ether oxygens (including phenoxy) is 5. The molecule has 47 nitrogen and oxygen atoms in total. The Hall–Kier alpha value is -9.84. The summed E-state index contributed by atoms with van der Waals surface area (Å²) in [5.41, 5.74) is 50.6. The van der Waals surface area contributed by atoms with Crippen molar-refractivity contribution in [3.05, 3.63) is 56.8 Å². The minimum atomic E-state index is -2.21. The number of primary amides is 3. The predicted molar refractivity (Wildman–Crippen MR) is 407 cm³/mol. The van der Waals surface area contributed by atoms with Crippen LogP contribution in [0.15, 0.2) is 38.3 Å². The molecule has 0 saturated carbocycles. The van der Waals surface area contributed by atoms with Gasteiger partial charge in [0.25, 0.3) is 11.8 Å². The Balaban J connectivity index is 1.10. The number of H-pyrrole nitrogens is 1. The first-order chi connectivity index (χ1) is 54.1. The number of aliphatic hydroxyl groups excluding tert-OH is 8. The van der Waals surface area contributed by atoms with Gasteiger partial charge in [0.1, 0.15) is 94.6 Å². The third-order valence-corrected chi connectivity index (χ3v) is 19.6. The molecule has 0 bridgehead atoms. The number of nitrogens with one attached hydrogen (secondary N) is 9. The number of guanidine groups is 3. The lowest BCUT2D eigenvalue weighted by molar-refractivity contribution is -0.372. The Morgan fingerprint density at radius 1 is 0.667 bits per heavy atom. The van der Waals surface area contributed by atoms with Gasteiger partial charge in [0.2, 0.25) is 29.5 Å². The van der Waals surface area contributed by atoms with Crippen LogP contribution >= 0.6 is 22.7 Å². The molecule has 2 aliphatic rings. The summed E-state index contributed by atoms with van der Waals surface area (Å²) in [5.74, 6) is -8.13. The van der Waals surface area contributed by atoms with Gasteiger partial charge in [-0.3, -0.25) is 48.5 Å². The van der Waals surface area contributed by atoms with Gasteiger partial charge in [-0.15, -0.1) is 22.7 Å². The zero-order chi connectivity index (χ0) is 84.0. The van der Waals surface area contributed by atoms with Gasteiger partial charge in [-0.05, 0) is 59.3 Å². The standard InChI is InChI=1S/C65H106N26O21S2/c1-27-40(88-53(91-51(27)68)32(19-38(67)95)83-20-31(66)52(69)101)57(105)90-42(48(33-21-75-26-84-33)110-61-50(46(99)44(97)36(22-92)109-61)111-60-47(100)49(112-65(74)107)45(98)37(23-93)108-60)58(106)85-29(3)43(96)28(2)54(102)89-41(30(4)94)56(104)77-18-11-39-86-35(25-113-39)59-87-34(24-114-59)55(103)76-12-5-7-14-79-63(72)81-16-9-10-17-82-64(73)80-15-8-6-13-78-62(70)71/h21,24-26,28-32,36-37,41-50,60-61,83,92-94,96-100H,5-20,22-23,66H2,1-4H3,(H2,67,95)(H2,69,101)(H2,74,107)(H,75,84)(H,76,103)(H,77,104)(H,85,106)(H,89,102)(H,90,105)(H2,68,88,91)(H4,70,71,78)(H3,72,79,81)(H3,73,80,82). The third kappa shape index (κ3) is 28.0. The largest absolute Gasteiger partial charge is 0.441 e. The van der Waals surface area contributed by atoms with E-state index in [-0.39, 0.29) is 60.0 Å². The molecule has 2 saturated heterocycles. The minimum Gasteiger partial charge on any atom is -0.441 e. The molecule has 2 fully saturated rings. The van der Waals surface area contributed by atoms with E-state index in [9.17, 15) is 74.4 Å². The average molecular weight is 1650 g/mol. The number of carbonyl (C=O) groups is 8. The summed E-state index contributed by atoms with van der Waals surface area (Å²) >= 11 is 2.46. The van der Waals surface area contributed by atoms with Crippen molar-refractivity contribution in [2.75, 3.05) is 71.3 Å². The van der Waals surface area contributed by atoms with Crippen LogP contribution in [0.3, 0.4) is 0 Å². The fourth-order valence-electron chi connectivity index (χ4n) is 11.3. The van der Waals surface area contributed by atoms with Crippen molar-refractivity contribution in [3.63, 3.8) is 0 Å². The van der Waals surface area contributed by atoms with Gasteiger partial charge in [-0.1, -0.05) is 6.92 Å². The van der Waals surface area contributed by atoms with Gasteiger partial charge in [0.15, 0.2) is 36.6 Å². The highest BCUT2D eigenvalue weighted by Gasteiger charge is 2.54. The second kappa shape index (κ2) is 45.9. The second-order valence-corrected chi connectivity index (χ2v) is 28.4. The van der Waals surface area contributed by atoms with E-state index in [4.69, 9.17) is 75.3 Å². The number of nitrogens with two attached hydrogens (primary N) is 9. The maximum absolute atomic E-state index is 15.3. The molecule has 8 amide bonds. The lowest BCUT2D eigenvalue weighted by Crippen LogP contribution is -2.65. The van der Waals surface area contributed by atoms with E-state index in [1.54, 1.807) is 10.8 Å². The Kier molecular flexibility index (Phi) is 37.5. The monoisotopic (exact) mass is 1650 g/mol. The van der Waals surface area contributed by atoms with Crippen LogP contribution in [0.5, 0.6) is 0 Å². The molecule has 114 heavy (non-hydrogen) atoms. The lowest BCUT2D eigenvalue weighted by Gasteiger charge is -2.47. The highest BCUT2D eigenvalue weighted by molar-refractivity contribution is 7.14. The van der Waals surface area contributed by atoms with Gasteiger partial charge < -0.3 is 164 Å². The van der Waals surface area contributed by atoms with Gasteiger partial charge in [0, 0.05) is 81.5 Å². The number of imidazole rings is 1. The first-order valence-corrected chi connectivity index (χ1v) is 38.0. The van der Waals surface area contributed by atoms with Crippen LogP contribution in [0.4, 0.5) is 10.6 Å². The molecule has 0 aliphatic carbocycles. The molecule has 35 N–H and O–H groups in total. The number of aliphatic hydroxyl groups is 8. The van der Waals surface area contributed by atoms with E-state index in [0.29, 0.717) is 79.7 Å². The Morgan fingerprint density at radius 3 is 1.89 bits per heavy atom. The van der Waals surface area contributed by atoms with E-state index >= 15 is 4.79 Å². The number of unbranched alkanes of at least 4 members (excludes halogenated alkanes) is 3. The number of carbonyl (C=O) groups excluding carboxylic acids is 8. The van der Waals surface area contributed by atoms with E-state index in [1.165, 1.54) is 50.4 Å². The SMILES string of the molecule is Cc1c(N)nc(C(CC(N)=O)NCC(N)C(N)=O)nc1C(=O)NC(C(=O)NC(C)C(O)C(C)C(=O)NC(C(=O)NCCc1nc(-c2nc(C(=O)NCCCCNC(N)=NCCCCNC(N)=NCCCCN=C(N)N)cs2)cs1)C(C)O)C(OC1OC(CO)C(O)C(O)C1OC1OC(CO)C(O)C(OC(N)=O)C1O)c1cnc[nH]1. The van der Waals surface area contributed by atoms with Gasteiger partial charge in [-0.2, -0.15) is 0 Å². The van der Waals surface area contributed by atoms with Gasteiger partial charge >= 0.3 is 6.09 Å². The van der Waals surface area contributed by atoms with Crippen molar-refractivity contribution in [3.8, 4) is 10.7 Å². The molecular formula is C65H106N26O21S2. The van der Waals surface area contributed by atoms with Crippen LogP contribution in [-0.4, -0.2) is 299 Å². The van der Waals surface area contributed by atoms with E-state index in [1.807, 2.05) is 0 Å². The summed E-state index contributed by atoms with van der Waals surface area (Å²) in [6, 6.07) is -7.93.